The van der Waals surface area contributed by atoms with E-state index in [1.165, 1.54) is 12.8 Å². The number of rotatable bonds is 11. The highest BCUT2D eigenvalue weighted by molar-refractivity contribution is 5.87. The Bertz CT molecular complexity index is 307. The molecule has 0 amide bonds. The SMILES string of the molecule is C=CC(=O)OCCCOC(=O)C(=C)CCCCCC. The third-order valence-corrected chi connectivity index (χ3v) is 2.55. The molecular formula is C15H24O4. The van der Waals surface area contributed by atoms with Gasteiger partial charge in [0.15, 0.2) is 0 Å². The van der Waals surface area contributed by atoms with E-state index in [1.807, 2.05) is 0 Å². The van der Waals surface area contributed by atoms with Crippen molar-refractivity contribution < 1.29 is 19.1 Å². The second-order valence-electron chi connectivity index (χ2n) is 4.28. The zero-order chi connectivity index (χ0) is 14.5. The van der Waals surface area contributed by atoms with Crippen LogP contribution >= 0.6 is 0 Å². The van der Waals surface area contributed by atoms with E-state index in [0.717, 1.165) is 18.9 Å². The molecule has 0 heterocycles. The fourth-order valence-corrected chi connectivity index (χ4v) is 1.42. The molecule has 4 nitrogen and oxygen atoms in total. The fourth-order valence-electron chi connectivity index (χ4n) is 1.42. The molecule has 108 valence electrons. The smallest absolute Gasteiger partial charge is 0.333 e. The van der Waals surface area contributed by atoms with Gasteiger partial charge in [-0.15, -0.1) is 0 Å². The average Bonchev–Trinajstić information content (AvgIpc) is 2.42. The van der Waals surface area contributed by atoms with Crippen molar-refractivity contribution in [1.82, 2.24) is 0 Å². The molecule has 0 unspecified atom stereocenters. The summed E-state index contributed by atoms with van der Waals surface area (Å²) >= 11 is 0. The van der Waals surface area contributed by atoms with Crippen LogP contribution in [0.15, 0.2) is 24.8 Å². The molecule has 0 aliphatic rings. The van der Waals surface area contributed by atoms with Crippen LogP contribution < -0.4 is 0 Å². The number of carbonyl (C=O) groups is 2. The maximum absolute atomic E-state index is 11.5. The topological polar surface area (TPSA) is 52.6 Å². The second-order valence-corrected chi connectivity index (χ2v) is 4.28. The van der Waals surface area contributed by atoms with Gasteiger partial charge in [-0.05, 0) is 12.8 Å². The predicted molar refractivity (Wildman–Crippen MR) is 74.6 cm³/mol. The van der Waals surface area contributed by atoms with Gasteiger partial charge in [0.2, 0.25) is 0 Å². The van der Waals surface area contributed by atoms with Crippen molar-refractivity contribution in [3.63, 3.8) is 0 Å². The second kappa shape index (κ2) is 11.5. The maximum atomic E-state index is 11.5. The van der Waals surface area contributed by atoms with Crippen molar-refractivity contribution in [1.29, 1.82) is 0 Å². The summed E-state index contributed by atoms with van der Waals surface area (Å²) in [5.74, 6) is -0.821. The molecule has 0 radical (unpaired) electrons. The minimum absolute atomic E-state index is 0.223. The lowest BCUT2D eigenvalue weighted by atomic mass is 10.1. The molecule has 0 aromatic rings. The largest absolute Gasteiger partial charge is 0.462 e. The third kappa shape index (κ3) is 10.1. The van der Waals surface area contributed by atoms with Crippen LogP contribution in [-0.2, 0) is 19.1 Å². The Morgan fingerprint density at radius 3 is 2.37 bits per heavy atom. The predicted octanol–water partition coefficient (Wildman–Crippen LogP) is 3.18. The zero-order valence-electron chi connectivity index (χ0n) is 11.8. The normalized spacial score (nSPS) is 9.74. The molecule has 0 saturated carbocycles. The first-order valence-corrected chi connectivity index (χ1v) is 6.75. The summed E-state index contributed by atoms with van der Waals surface area (Å²) in [7, 11) is 0. The highest BCUT2D eigenvalue weighted by atomic mass is 16.5. The van der Waals surface area contributed by atoms with E-state index in [9.17, 15) is 9.59 Å². The van der Waals surface area contributed by atoms with E-state index in [1.54, 1.807) is 0 Å². The van der Waals surface area contributed by atoms with Gasteiger partial charge in [-0.2, -0.15) is 0 Å². The van der Waals surface area contributed by atoms with E-state index in [0.29, 0.717) is 18.4 Å². The first-order valence-electron chi connectivity index (χ1n) is 6.75. The van der Waals surface area contributed by atoms with Crippen LogP contribution in [0.2, 0.25) is 0 Å². The first-order chi connectivity index (χ1) is 9.11. The zero-order valence-corrected chi connectivity index (χ0v) is 11.8. The standard InChI is InChI=1S/C15H24O4/c1-4-6-7-8-10-13(3)15(17)19-12-9-11-18-14(16)5-2/h5H,2-4,6-12H2,1H3. The summed E-state index contributed by atoms with van der Waals surface area (Å²) in [6.45, 7) is 9.60. The molecule has 0 aliphatic heterocycles. The first kappa shape index (κ1) is 17.4. The van der Waals surface area contributed by atoms with Gasteiger partial charge in [-0.3, -0.25) is 0 Å². The summed E-state index contributed by atoms with van der Waals surface area (Å²) < 4.78 is 9.78. The van der Waals surface area contributed by atoms with Gasteiger partial charge in [-0.1, -0.05) is 39.3 Å². The molecule has 0 aromatic carbocycles. The van der Waals surface area contributed by atoms with Crippen molar-refractivity contribution in [3.8, 4) is 0 Å². The summed E-state index contributed by atoms with van der Waals surface area (Å²) in [6.07, 6.45) is 6.69. The Kier molecular flexibility index (Phi) is 10.6. The van der Waals surface area contributed by atoms with E-state index >= 15 is 0 Å². The van der Waals surface area contributed by atoms with Gasteiger partial charge < -0.3 is 9.47 Å². The highest BCUT2D eigenvalue weighted by Crippen LogP contribution is 2.10. The quantitative estimate of drug-likeness (QED) is 0.328. The van der Waals surface area contributed by atoms with Crippen molar-refractivity contribution in [2.45, 2.75) is 45.4 Å². The Labute approximate surface area is 115 Å². The van der Waals surface area contributed by atoms with Crippen LogP contribution in [0.5, 0.6) is 0 Å². The highest BCUT2D eigenvalue weighted by Gasteiger charge is 2.07. The van der Waals surface area contributed by atoms with Crippen LogP contribution in [0.4, 0.5) is 0 Å². The molecule has 0 fully saturated rings. The Morgan fingerprint density at radius 2 is 1.74 bits per heavy atom. The monoisotopic (exact) mass is 268 g/mol. The Morgan fingerprint density at radius 1 is 1.05 bits per heavy atom. The lowest BCUT2D eigenvalue weighted by Gasteiger charge is -2.07. The van der Waals surface area contributed by atoms with Gasteiger partial charge in [0.1, 0.15) is 0 Å². The maximum Gasteiger partial charge on any atom is 0.333 e. The molecule has 0 rings (SSSR count). The van der Waals surface area contributed by atoms with E-state index in [-0.39, 0.29) is 19.2 Å². The third-order valence-electron chi connectivity index (χ3n) is 2.55. The molecule has 0 aliphatic carbocycles. The van der Waals surface area contributed by atoms with Crippen LogP contribution in [0, 0.1) is 0 Å². The van der Waals surface area contributed by atoms with Crippen molar-refractivity contribution in [2.24, 2.45) is 0 Å². The molecule has 0 spiro atoms. The number of unbranched alkanes of at least 4 members (excludes halogenated alkanes) is 3. The van der Waals surface area contributed by atoms with Gasteiger partial charge in [0, 0.05) is 18.1 Å². The van der Waals surface area contributed by atoms with Gasteiger partial charge in [0.05, 0.1) is 13.2 Å². The molecule has 0 bridgehead atoms. The van der Waals surface area contributed by atoms with Crippen LogP contribution in [-0.4, -0.2) is 25.2 Å². The van der Waals surface area contributed by atoms with E-state index in [2.05, 4.69) is 20.1 Å². The minimum atomic E-state index is -0.466. The van der Waals surface area contributed by atoms with Crippen LogP contribution in [0.3, 0.4) is 0 Å². The van der Waals surface area contributed by atoms with E-state index in [4.69, 9.17) is 9.47 Å². The summed E-state index contributed by atoms with van der Waals surface area (Å²) in [6, 6.07) is 0. The van der Waals surface area contributed by atoms with Crippen molar-refractivity contribution in [3.05, 3.63) is 24.8 Å². The number of hydrogen-bond acceptors (Lipinski definition) is 4. The fraction of sp³-hybridized carbons (Fsp3) is 0.600. The Hall–Kier alpha value is -1.58. The number of hydrogen-bond donors (Lipinski definition) is 0. The number of esters is 2. The average molecular weight is 268 g/mol. The lowest BCUT2D eigenvalue weighted by Crippen LogP contribution is -2.11. The lowest BCUT2D eigenvalue weighted by molar-refractivity contribution is -0.141. The van der Waals surface area contributed by atoms with Crippen LogP contribution in [0.25, 0.3) is 0 Å². The van der Waals surface area contributed by atoms with Gasteiger partial charge in [0.25, 0.3) is 0 Å². The van der Waals surface area contributed by atoms with Crippen molar-refractivity contribution in [2.75, 3.05) is 13.2 Å². The molecule has 0 saturated heterocycles. The molecule has 4 heteroatoms. The summed E-state index contributed by atoms with van der Waals surface area (Å²) in [5.41, 5.74) is 0.513. The summed E-state index contributed by atoms with van der Waals surface area (Å²) in [4.78, 5) is 22.2. The number of carbonyl (C=O) groups excluding carboxylic acids is 2. The number of ether oxygens (including phenoxy) is 2. The molecule has 0 atom stereocenters. The van der Waals surface area contributed by atoms with E-state index < -0.39 is 5.97 Å². The molecular weight excluding hydrogens is 244 g/mol. The Balaban J connectivity index is 3.54. The molecule has 0 N–H and O–H groups in total. The summed E-state index contributed by atoms with van der Waals surface area (Å²) in [5, 5.41) is 0. The van der Waals surface area contributed by atoms with Crippen LogP contribution in [0.1, 0.15) is 45.4 Å². The van der Waals surface area contributed by atoms with Gasteiger partial charge >= 0.3 is 11.9 Å². The van der Waals surface area contributed by atoms with Crippen molar-refractivity contribution >= 4 is 11.9 Å². The minimum Gasteiger partial charge on any atom is -0.462 e. The molecule has 0 aromatic heterocycles. The van der Waals surface area contributed by atoms with Gasteiger partial charge in [-0.25, -0.2) is 9.59 Å². The molecule has 19 heavy (non-hydrogen) atoms.